The lowest BCUT2D eigenvalue weighted by atomic mass is 10.2. The number of aldehydes is 1. The average Bonchev–Trinajstić information content (AvgIpc) is 2.67. The molecule has 9 heteroatoms. The van der Waals surface area contributed by atoms with E-state index in [4.69, 9.17) is 14.2 Å². The van der Waals surface area contributed by atoms with Gasteiger partial charge in [0, 0.05) is 23.4 Å². The highest BCUT2D eigenvalue weighted by atomic mass is 16.6. The first-order chi connectivity index (χ1) is 12.9. The monoisotopic (exact) mass is 374 g/mol. The molecule has 1 atom stereocenters. The predicted octanol–water partition coefficient (Wildman–Crippen LogP) is 2.83. The van der Waals surface area contributed by atoms with E-state index in [9.17, 15) is 19.7 Å². The molecule has 9 nitrogen and oxygen atoms in total. The van der Waals surface area contributed by atoms with Gasteiger partial charge in [-0.3, -0.25) is 19.7 Å². The van der Waals surface area contributed by atoms with E-state index in [2.05, 4.69) is 5.32 Å². The zero-order valence-corrected chi connectivity index (χ0v) is 14.9. The van der Waals surface area contributed by atoms with E-state index < -0.39 is 22.6 Å². The van der Waals surface area contributed by atoms with Gasteiger partial charge in [-0.2, -0.15) is 0 Å². The Kier molecular flexibility index (Phi) is 6.32. The maximum absolute atomic E-state index is 12.3. The number of nitro benzene ring substituents is 1. The molecule has 0 bridgehead atoms. The summed E-state index contributed by atoms with van der Waals surface area (Å²) in [6.07, 6.45) is -0.539. The number of hydrogen-bond acceptors (Lipinski definition) is 7. The molecule has 2 aromatic carbocycles. The maximum Gasteiger partial charge on any atom is 0.311 e. The van der Waals surface area contributed by atoms with E-state index in [1.165, 1.54) is 33.3 Å². The van der Waals surface area contributed by atoms with Crippen LogP contribution in [0.5, 0.6) is 17.2 Å². The van der Waals surface area contributed by atoms with Gasteiger partial charge in [-0.1, -0.05) is 0 Å². The fourth-order valence-corrected chi connectivity index (χ4v) is 2.25. The largest absolute Gasteiger partial charge is 0.493 e. The molecule has 0 aliphatic carbocycles. The molecule has 0 aliphatic heterocycles. The van der Waals surface area contributed by atoms with Crippen LogP contribution in [0.3, 0.4) is 0 Å². The average molecular weight is 374 g/mol. The zero-order valence-electron chi connectivity index (χ0n) is 14.9. The first-order valence-electron chi connectivity index (χ1n) is 7.82. The summed E-state index contributed by atoms with van der Waals surface area (Å²) in [5.41, 5.74) is 0.181. The molecule has 2 rings (SSSR count). The molecule has 0 spiro atoms. The molecule has 0 fully saturated rings. The smallest absolute Gasteiger partial charge is 0.311 e. The summed E-state index contributed by atoms with van der Waals surface area (Å²) in [6.45, 7) is 1.45. The van der Waals surface area contributed by atoms with E-state index in [0.717, 1.165) is 6.07 Å². The van der Waals surface area contributed by atoms with Crippen molar-refractivity contribution in [2.24, 2.45) is 0 Å². The summed E-state index contributed by atoms with van der Waals surface area (Å²) in [6, 6.07) is 8.55. The van der Waals surface area contributed by atoms with Crippen LogP contribution >= 0.6 is 0 Å². The number of methoxy groups -OCH3 is 2. The Hall–Kier alpha value is -3.62. The van der Waals surface area contributed by atoms with Gasteiger partial charge < -0.3 is 19.5 Å². The minimum Gasteiger partial charge on any atom is -0.493 e. The van der Waals surface area contributed by atoms with Gasteiger partial charge in [-0.15, -0.1) is 0 Å². The summed E-state index contributed by atoms with van der Waals surface area (Å²) < 4.78 is 15.7. The number of rotatable bonds is 8. The van der Waals surface area contributed by atoms with Crippen molar-refractivity contribution < 1.29 is 28.7 Å². The van der Waals surface area contributed by atoms with Crippen molar-refractivity contribution in [1.29, 1.82) is 0 Å². The fourth-order valence-electron chi connectivity index (χ4n) is 2.25. The standard InChI is InChI=1S/C18H18N2O7/c1-11(27-15-6-4-12(10-21)8-14(15)20(23)24)18(22)19-13-5-7-16(25-2)17(9-13)26-3/h4-11H,1-3H3,(H,19,22)/t11-/m1/s1. The first kappa shape index (κ1) is 19.7. The van der Waals surface area contributed by atoms with Crippen LogP contribution in [0.25, 0.3) is 0 Å². The normalized spacial score (nSPS) is 11.2. The van der Waals surface area contributed by atoms with E-state index in [1.807, 2.05) is 0 Å². The van der Waals surface area contributed by atoms with Crippen molar-refractivity contribution in [3.8, 4) is 17.2 Å². The second kappa shape index (κ2) is 8.65. The molecule has 2 aromatic rings. The number of carbonyl (C=O) groups is 2. The van der Waals surface area contributed by atoms with Crippen molar-refractivity contribution in [1.82, 2.24) is 0 Å². The summed E-state index contributed by atoms with van der Waals surface area (Å²) in [7, 11) is 2.96. The second-order valence-electron chi connectivity index (χ2n) is 5.42. The van der Waals surface area contributed by atoms with Crippen molar-refractivity contribution in [2.75, 3.05) is 19.5 Å². The molecular formula is C18H18N2O7. The van der Waals surface area contributed by atoms with Crippen molar-refractivity contribution in [2.45, 2.75) is 13.0 Å². The Balaban J connectivity index is 2.14. The third-order valence-electron chi connectivity index (χ3n) is 3.64. The van der Waals surface area contributed by atoms with Gasteiger partial charge >= 0.3 is 5.69 Å². The molecule has 1 N–H and O–H groups in total. The van der Waals surface area contributed by atoms with Crippen LogP contribution in [0, 0.1) is 10.1 Å². The second-order valence-corrected chi connectivity index (χ2v) is 5.42. The summed E-state index contributed by atoms with van der Waals surface area (Å²) in [5, 5.41) is 13.8. The van der Waals surface area contributed by atoms with Gasteiger partial charge in [0.05, 0.1) is 19.1 Å². The Morgan fingerprint density at radius 3 is 2.37 bits per heavy atom. The zero-order chi connectivity index (χ0) is 20.0. The number of amides is 1. The molecule has 0 aromatic heterocycles. The van der Waals surface area contributed by atoms with Crippen LogP contribution in [0.15, 0.2) is 36.4 Å². The molecule has 0 saturated carbocycles. The number of nitro groups is 1. The minimum absolute atomic E-state index is 0.111. The van der Waals surface area contributed by atoms with Gasteiger partial charge in [0.2, 0.25) is 0 Å². The summed E-state index contributed by atoms with van der Waals surface area (Å²) in [5.74, 6) is 0.311. The van der Waals surface area contributed by atoms with Crippen molar-refractivity contribution >= 4 is 23.6 Å². The molecule has 0 radical (unpaired) electrons. The van der Waals surface area contributed by atoms with E-state index in [0.29, 0.717) is 23.5 Å². The number of nitrogens with one attached hydrogen (secondary N) is 1. The Morgan fingerprint density at radius 2 is 1.78 bits per heavy atom. The number of ether oxygens (including phenoxy) is 3. The summed E-state index contributed by atoms with van der Waals surface area (Å²) in [4.78, 5) is 33.6. The van der Waals surface area contributed by atoms with Crippen molar-refractivity contribution in [3.05, 3.63) is 52.1 Å². The molecule has 0 heterocycles. The van der Waals surface area contributed by atoms with Crippen LogP contribution in [0.2, 0.25) is 0 Å². The van der Waals surface area contributed by atoms with E-state index >= 15 is 0 Å². The highest BCUT2D eigenvalue weighted by Crippen LogP contribution is 2.31. The summed E-state index contributed by atoms with van der Waals surface area (Å²) >= 11 is 0. The number of anilines is 1. The Morgan fingerprint density at radius 1 is 1.11 bits per heavy atom. The molecule has 0 unspecified atom stereocenters. The third kappa shape index (κ3) is 4.72. The van der Waals surface area contributed by atoms with E-state index in [-0.39, 0.29) is 11.3 Å². The minimum atomic E-state index is -1.03. The molecule has 1 amide bonds. The number of carbonyl (C=O) groups excluding carboxylic acids is 2. The quantitative estimate of drug-likeness (QED) is 0.429. The molecule has 142 valence electrons. The topological polar surface area (TPSA) is 117 Å². The third-order valence-corrected chi connectivity index (χ3v) is 3.64. The van der Waals surface area contributed by atoms with Crippen LogP contribution in [-0.2, 0) is 4.79 Å². The van der Waals surface area contributed by atoms with Gasteiger partial charge in [0.25, 0.3) is 5.91 Å². The lowest BCUT2D eigenvalue weighted by Crippen LogP contribution is -2.30. The SMILES string of the molecule is COc1ccc(NC(=O)[C@@H](C)Oc2ccc(C=O)cc2[N+](=O)[O-])cc1OC. The highest BCUT2D eigenvalue weighted by molar-refractivity contribution is 5.94. The molecule has 0 aliphatic rings. The Labute approximate surface area is 155 Å². The highest BCUT2D eigenvalue weighted by Gasteiger charge is 2.22. The van der Waals surface area contributed by atoms with Gasteiger partial charge in [0.1, 0.15) is 6.29 Å². The van der Waals surface area contributed by atoms with E-state index in [1.54, 1.807) is 18.2 Å². The van der Waals surface area contributed by atoms with Crippen LogP contribution in [-0.4, -0.2) is 37.4 Å². The van der Waals surface area contributed by atoms with Crippen LogP contribution in [0.1, 0.15) is 17.3 Å². The Bertz CT molecular complexity index is 867. The number of hydrogen-bond donors (Lipinski definition) is 1. The van der Waals surface area contributed by atoms with Crippen LogP contribution in [0.4, 0.5) is 11.4 Å². The predicted molar refractivity (Wildman–Crippen MR) is 96.7 cm³/mol. The first-order valence-corrected chi connectivity index (χ1v) is 7.82. The lowest BCUT2D eigenvalue weighted by Gasteiger charge is -2.16. The molecular weight excluding hydrogens is 356 g/mol. The van der Waals surface area contributed by atoms with Crippen molar-refractivity contribution in [3.63, 3.8) is 0 Å². The fraction of sp³-hybridized carbons (Fsp3) is 0.222. The maximum atomic E-state index is 12.3. The van der Waals surface area contributed by atoms with Gasteiger partial charge in [0.15, 0.2) is 23.4 Å². The van der Waals surface area contributed by atoms with Gasteiger partial charge in [-0.05, 0) is 31.2 Å². The van der Waals surface area contributed by atoms with Gasteiger partial charge in [-0.25, -0.2) is 0 Å². The molecule has 27 heavy (non-hydrogen) atoms. The number of benzene rings is 2. The lowest BCUT2D eigenvalue weighted by molar-refractivity contribution is -0.386. The van der Waals surface area contributed by atoms with Crippen LogP contribution < -0.4 is 19.5 Å². The number of nitrogens with zero attached hydrogens (tertiary/aromatic N) is 1. The molecule has 0 saturated heterocycles.